The molecule has 112 valence electrons. The Balaban J connectivity index is 1.65. The standard InChI is InChI=1S/C19H31N/c1-19(2,3)13-7-8-14-20-15-11-18(12-16-20)17-9-5-4-6-10-17/h4-6,9-10,18H,7-8,11-16H2,1-3H3. The monoisotopic (exact) mass is 273 g/mol. The van der Waals surface area contributed by atoms with E-state index < -0.39 is 0 Å². The highest BCUT2D eigenvalue weighted by molar-refractivity contribution is 5.19. The van der Waals surface area contributed by atoms with Crippen molar-refractivity contribution in [2.24, 2.45) is 5.41 Å². The molecule has 1 nitrogen and oxygen atoms in total. The van der Waals surface area contributed by atoms with Gasteiger partial charge in [-0.05, 0) is 62.2 Å². The third-order valence-corrected chi connectivity index (χ3v) is 4.51. The number of likely N-dealkylation sites (tertiary alicyclic amines) is 1. The molecule has 0 radical (unpaired) electrons. The molecule has 0 atom stereocenters. The molecule has 0 saturated carbocycles. The molecule has 0 bridgehead atoms. The number of hydrogen-bond acceptors (Lipinski definition) is 1. The molecule has 1 heteroatoms. The van der Waals surface area contributed by atoms with Crippen molar-refractivity contribution in [3.05, 3.63) is 35.9 Å². The first-order chi connectivity index (χ1) is 9.54. The Morgan fingerprint density at radius 3 is 2.25 bits per heavy atom. The molecule has 1 aromatic rings. The summed E-state index contributed by atoms with van der Waals surface area (Å²) in [6.07, 6.45) is 6.77. The first kappa shape index (κ1) is 15.6. The van der Waals surface area contributed by atoms with Crippen molar-refractivity contribution in [3.8, 4) is 0 Å². The van der Waals surface area contributed by atoms with Crippen LogP contribution in [-0.4, -0.2) is 24.5 Å². The van der Waals surface area contributed by atoms with E-state index in [4.69, 9.17) is 0 Å². The molecule has 0 N–H and O–H groups in total. The molecule has 1 aliphatic rings. The fourth-order valence-corrected chi connectivity index (χ4v) is 3.21. The predicted octanol–water partition coefficient (Wildman–Crippen LogP) is 5.08. The zero-order valence-electron chi connectivity index (χ0n) is 13.6. The van der Waals surface area contributed by atoms with Crippen LogP contribution in [-0.2, 0) is 0 Å². The summed E-state index contributed by atoms with van der Waals surface area (Å²) in [7, 11) is 0. The van der Waals surface area contributed by atoms with E-state index in [1.54, 1.807) is 5.56 Å². The third kappa shape index (κ3) is 5.28. The van der Waals surface area contributed by atoms with Crippen LogP contribution < -0.4 is 0 Å². The Kier molecular flexibility index (Phi) is 5.65. The Morgan fingerprint density at radius 2 is 1.65 bits per heavy atom. The van der Waals surface area contributed by atoms with Crippen LogP contribution in [0.3, 0.4) is 0 Å². The topological polar surface area (TPSA) is 3.24 Å². The van der Waals surface area contributed by atoms with Crippen molar-refractivity contribution in [2.75, 3.05) is 19.6 Å². The van der Waals surface area contributed by atoms with Crippen molar-refractivity contribution in [1.82, 2.24) is 4.90 Å². The summed E-state index contributed by atoms with van der Waals surface area (Å²) in [4.78, 5) is 2.67. The van der Waals surface area contributed by atoms with Crippen LogP contribution in [0.5, 0.6) is 0 Å². The van der Waals surface area contributed by atoms with Gasteiger partial charge in [0.2, 0.25) is 0 Å². The lowest BCUT2D eigenvalue weighted by Gasteiger charge is -2.32. The van der Waals surface area contributed by atoms with E-state index in [1.807, 2.05) is 0 Å². The fraction of sp³-hybridized carbons (Fsp3) is 0.684. The van der Waals surface area contributed by atoms with Gasteiger partial charge in [-0.1, -0.05) is 57.5 Å². The van der Waals surface area contributed by atoms with Crippen LogP contribution in [0.2, 0.25) is 0 Å². The molecule has 0 aliphatic carbocycles. The highest BCUT2D eigenvalue weighted by Crippen LogP contribution is 2.28. The lowest BCUT2D eigenvalue weighted by Crippen LogP contribution is -2.33. The van der Waals surface area contributed by atoms with E-state index in [1.165, 1.54) is 51.7 Å². The quantitative estimate of drug-likeness (QED) is 0.676. The zero-order valence-corrected chi connectivity index (χ0v) is 13.6. The van der Waals surface area contributed by atoms with Crippen molar-refractivity contribution in [2.45, 2.75) is 58.8 Å². The van der Waals surface area contributed by atoms with Crippen LogP contribution in [0.4, 0.5) is 0 Å². The molecule has 1 heterocycles. The molecule has 0 unspecified atom stereocenters. The van der Waals surface area contributed by atoms with E-state index in [0.29, 0.717) is 5.41 Å². The molecule has 1 fully saturated rings. The van der Waals surface area contributed by atoms with Gasteiger partial charge in [-0.3, -0.25) is 0 Å². The number of piperidine rings is 1. The predicted molar refractivity (Wildman–Crippen MR) is 88.2 cm³/mol. The smallest absolute Gasteiger partial charge is 0.00129 e. The van der Waals surface area contributed by atoms with Gasteiger partial charge in [0.1, 0.15) is 0 Å². The molecular weight excluding hydrogens is 242 g/mol. The Morgan fingerprint density at radius 1 is 1.00 bits per heavy atom. The summed E-state index contributed by atoms with van der Waals surface area (Å²) in [5.74, 6) is 0.794. The molecule has 0 aromatic heterocycles. The lowest BCUT2D eigenvalue weighted by atomic mass is 9.88. The number of rotatable bonds is 5. The summed E-state index contributed by atoms with van der Waals surface area (Å²) in [6.45, 7) is 10.9. The Hall–Kier alpha value is -0.820. The second-order valence-corrected chi connectivity index (χ2v) is 7.54. The molecule has 20 heavy (non-hydrogen) atoms. The Labute approximate surface area is 125 Å². The summed E-state index contributed by atoms with van der Waals surface area (Å²) in [6, 6.07) is 11.1. The van der Waals surface area contributed by atoms with Crippen molar-refractivity contribution in [1.29, 1.82) is 0 Å². The van der Waals surface area contributed by atoms with Gasteiger partial charge >= 0.3 is 0 Å². The van der Waals surface area contributed by atoms with Gasteiger partial charge in [-0.2, -0.15) is 0 Å². The Bertz CT molecular complexity index is 369. The minimum atomic E-state index is 0.500. The zero-order chi connectivity index (χ0) is 14.4. The van der Waals surface area contributed by atoms with Gasteiger partial charge in [0, 0.05) is 0 Å². The summed E-state index contributed by atoms with van der Waals surface area (Å²) in [5, 5.41) is 0. The van der Waals surface area contributed by atoms with Crippen LogP contribution in [0.1, 0.15) is 64.4 Å². The lowest BCUT2D eigenvalue weighted by molar-refractivity contribution is 0.205. The molecule has 0 amide bonds. The fourth-order valence-electron chi connectivity index (χ4n) is 3.21. The van der Waals surface area contributed by atoms with Crippen molar-refractivity contribution < 1.29 is 0 Å². The van der Waals surface area contributed by atoms with Crippen LogP contribution >= 0.6 is 0 Å². The van der Waals surface area contributed by atoms with Crippen LogP contribution in [0.25, 0.3) is 0 Å². The van der Waals surface area contributed by atoms with Crippen LogP contribution in [0, 0.1) is 5.41 Å². The second kappa shape index (κ2) is 7.26. The summed E-state index contributed by atoms with van der Waals surface area (Å²) >= 11 is 0. The first-order valence-electron chi connectivity index (χ1n) is 8.32. The number of benzene rings is 1. The van der Waals surface area contributed by atoms with E-state index in [9.17, 15) is 0 Å². The summed E-state index contributed by atoms with van der Waals surface area (Å²) in [5.41, 5.74) is 2.04. The van der Waals surface area contributed by atoms with E-state index in [0.717, 1.165) is 5.92 Å². The molecule has 1 aromatic carbocycles. The molecule has 1 saturated heterocycles. The number of nitrogens with zero attached hydrogens (tertiary/aromatic N) is 1. The van der Waals surface area contributed by atoms with Crippen molar-refractivity contribution in [3.63, 3.8) is 0 Å². The summed E-state index contributed by atoms with van der Waals surface area (Å²) < 4.78 is 0. The van der Waals surface area contributed by atoms with Gasteiger partial charge in [0.15, 0.2) is 0 Å². The second-order valence-electron chi connectivity index (χ2n) is 7.54. The minimum Gasteiger partial charge on any atom is -0.303 e. The van der Waals surface area contributed by atoms with Gasteiger partial charge in [-0.15, -0.1) is 0 Å². The van der Waals surface area contributed by atoms with Gasteiger partial charge in [-0.25, -0.2) is 0 Å². The molecule has 0 spiro atoms. The average Bonchev–Trinajstić information content (AvgIpc) is 2.44. The maximum Gasteiger partial charge on any atom is -0.00129 e. The van der Waals surface area contributed by atoms with E-state index in [2.05, 4.69) is 56.0 Å². The molecule has 2 rings (SSSR count). The molecule has 1 aliphatic heterocycles. The van der Waals surface area contributed by atoms with Gasteiger partial charge < -0.3 is 4.90 Å². The van der Waals surface area contributed by atoms with Gasteiger partial charge in [0.05, 0.1) is 0 Å². The van der Waals surface area contributed by atoms with Crippen LogP contribution in [0.15, 0.2) is 30.3 Å². The molecular formula is C19H31N. The number of hydrogen-bond donors (Lipinski definition) is 0. The number of unbranched alkanes of at least 4 members (excludes halogenated alkanes) is 1. The minimum absolute atomic E-state index is 0.500. The van der Waals surface area contributed by atoms with E-state index in [-0.39, 0.29) is 0 Å². The first-order valence-corrected chi connectivity index (χ1v) is 8.32. The third-order valence-electron chi connectivity index (χ3n) is 4.51. The highest BCUT2D eigenvalue weighted by Gasteiger charge is 2.20. The average molecular weight is 273 g/mol. The SMILES string of the molecule is CC(C)(C)CCCCN1CCC(c2ccccc2)CC1. The van der Waals surface area contributed by atoms with Crippen molar-refractivity contribution >= 4 is 0 Å². The van der Waals surface area contributed by atoms with Gasteiger partial charge in [0.25, 0.3) is 0 Å². The highest BCUT2D eigenvalue weighted by atomic mass is 15.1. The van der Waals surface area contributed by atoms with E-state index >= 15 is 0 Å². The maximum atomic E-state index is 2.67. The largest absolute Gasteiger partial charge is 0.303 e. The normalized spacial score (nSPS) is 18.4. The maximum absolute atomic E-state index is 2.67.